The lowest BCUT2D eigenvalue weighted by Crippen LogP contribution is -2.47. The van der Waals surface area contributed by atoms with Crippen LogP contribution in [0.15, 0.2) is 0 Å². The molecule has 0 aromatic carbocycles. The molecular formula is C15H23N7O3. The standard InChI is InChI=1S/C15H23N7O3/c1-15(6-10(23)18-8-15)14(25)17-7-9-4-3-5-22(9)13(24)11-12(16)21(2)20-19-11/h9H,3-8,16H2,1-2H3,(H,17,25)(H,18,23). The lowest BCUT2D eigenvalue weighted by Gasteiger charge is -2.26. The van der Waals surface area contributed by atoms with Crippen LogP contribution in [0, 0.1) is 5.41 Å². The summed E-state index contributed by atoms with van der Waals surface area (Å²) in [4.78, 5) is 38.1. The van der Waals surface area contributed by atoms with E-state index in [1.54, 1.807) is 18.9 Å². The molecule has 0 aliphatic carbocycles. The lowest BCUT2D eigenvalue weighted by molar-refractivity contribution is -0.131. The van der Waals surface area contributed by atoms with Gasteiger partial charge in [-0.3, -0.25) is 14.4 Å². The number of nitrogen functional groups attached to an aromatic ring is 1. The zero-order chi connectivity index (χ0) is 18.2. The summed E-state index contributed by atoms with van der Waals surface area (Å²) in [6.45, 7) is 3.03. The summed E-state index contributed by atoms with van der Waals surface area (Å²) in [5, 5.41) is 13.2. The van der Waals surface area contributed by atoms with Crippen LogP contribution in [-0.2, 0) is 16.6 Å². The molecule has 136 valence electrons. The molecule has 3 amide bonds. The maximum absolute atomic E-state index is 12.7. The number of nitrogens with one attached hydrogen (secondary N) is 2. The van der Waals surface area contributed by atoms with Crippen molar-refractivity contribution >= 4 is 23.5 Å². The first kappa shape index (κ1) is 17.2. The second-order valence-corrected chi connectivity index (χ2v) is 6.97. The van der Waals surface area contributed by atoms with Gasteiger partial charge in [0.05, 0.1) is 5.41 Å². The minimum Gasteiger partial charge on any atom is -0.382 e. The number of rotatable bonds is 4. The van der Waals surface area contributed by atoms with Gasteiger partial charge in [0.15, 0.2) is 11.5 Å². The molecule has 3 heterocycles. The van der Waals surface area contributed by atoms with Crippen molar-refractivity contribution in [2.45, 2.75) is 32.2 Å². The molecular weight excluding hydrogens is 326 g/mol. The largest absolute Gasteiger partial charge is 0.382 e. The number of aromatic nitrogens is 3. The number of aryl methyl sites for hydroxylation is 1. The summed E-state index contributed by atoms with van der Waals surface area (Å²) in [6.07, 6.45) is 1.83. The van der Waals surface area contributed by atoms with Gasteiger partial charge in [0, 0.05) is 39.1 Å². The van der Waals surface area contributed by atoms with Gasteiger partial charge >= 0.3 is 0 Å². The van der Waals surface area contributed by atoms with Crippen molar-refractivity contribution in [3.63, 3.8) is 0 Å². The van der Waals surface area contributed by atoms with E-state index in [1.165, 1.54) is 4.68 Å². The van der Waals surface area contributed by atoms with Crippen LogP contribution in [0.25, 0.3) is 0 Å². The second-order valence-electron chi connectivity index (χ2n) is 6.97. The fourth-order valence-corrected chi connectivity index (χ4v) is 3.33. The Kier molecular flexibility index (Phi) is 4.36. The summed E-state index contributed by atoms with van der Waals surface area (Å²) in [6, 6.07) is -0.119. The summed E-state index contributed by atoms with van der Waals surface area (Å²) in [7, 11) is 1.62. The van der Waals surface area contributed by atoms with Gasteiger partial charge in [0.25, 0.3) is 5.91 Å². The van der Waals surface area contributed by atoms with Crippen LogP contribution in [0.4, 0.5) is 5.82 Å². The van der Waals surface area contributed by atoms with Crippen molar-refractivity contribution in [2.24, 2.45) is 12.5 Å². The lowest BCUT2D eigenvalue weighted by atomic mass is 9.88. The Morgan fingerprint density at radius 2 is 2.24 bits per heavy atom. The van der Waals surface area contributed by atoms with Crippen LogP contribution in [0.5, 0.6) is 0 Å². The Hall–Kier alpha value is -2.65. The molecule has 2 unspecified atom stereocenters. The zero-order valence-corrected chi connectivity index (χ0v) is 14.4. The SMILES string of the molecule is Cn1nnc(C(=O)N2CCCC2CNC(=O)C2(C)CNC(=O)C2)c1N. The predicted molar refractivity (Wildman–Crippen MR) is 88.2 cm³/mol. The Labute approximate surface area is 145 Å². The third-order valence-electron chi connectivity index (χ3n) is 4.98. The highest BCUT2D eigenvalue weighted by Crippen LogP contribution is 2.26. The van der Waals surface area contributed by atoms with Crippen molar-refractivity contribution in [1.29, 1.82) is 0 Å². The predicted octanol–water partition coefficient (Wildman–Crippen LogP) is -1.36. The molecule has 2 atom stereocenters. The summed E-state index contributed by atoms with van der Waals surface area (Å²) in [5.41, 5.74) is 5.23. The number of carbonyl (C=O) groups excluding carboxylic acids is 3. The average Bonchev–Trinajstić information content (AvgIpc) is 3.26. The Balaban J connectivity index is 1.62. The van der Waals surface area contributed by atoms with Gasteiger partial charge < -0.3 is 21.3 Å². The van der Waals surface area contributed by atoms with E-state index in [9.17, 15) is 14.4 Å². The Morgan fingerprint density at radius 1 is 1.48 bits per heavy atom. The molecule has 10 nitrogen and oxygen atoms in total. The monoisotopic (exact) mass is 349 g/mol. The van der Waals surface area contributed by atoms with Crippen LogP contribution in [-0.4, -0.2) is 63.3 Å². The first-order chi connectivity index (χ1) is 11.8. The fraction of sp³-hybridized carbons (Fsp3) is 0.667. The Morgan fingerprint density at radius 3 is 2.84 bits per heavy atom. The zero-order valence-electron chi connectivity index (χ0n) is 14.4. The normalized spacial score (nSPS) is 25.9. The molecule has 0 radical (unpaired) electrons. The van der Waals surface area contributed by atoms with E-state index in [0.29, 0.717) is 19.6 Å². The molecule has 1 aromatic rings. The van der Waals surface area contributed by atoms with E-state index in [1.807, 2.05) is 0 Å². The van der Waals surface area contributed by atoms with E-state index in [-0.39, 0.29) is 41.7 Å². The molecule has 2 aliphatic heterocycles. The van der Waals surface area contributed by atoms with Crippen molar-refractivity contribution in [3.05, 3.63) is 5.69 Å². The van der Waals surface area contributed by atoms with Crippen molar-refractivity contribution in [2.75, 3.05) is 25.4 Å². The first-order valence-electron chi connectivity index (χ1n) is 8.33. The van der Waals surface area contributed by atoms with E-state index >= 15 is 0 Å². The van der Waals surface area contributed by atoms with Crippen LogP contribution in [0.1, 0.15) is 36.7 Å². The van der Waals surface area contributed by atoms with Gasteiger partial charge in [-0.15, -0.1) is 5.10 Å². The van der Waals surface area contributed by atoms with Crippen molar-refractivity contribution in [1.82, 2.24) is 30.5 Å². The van der Waals surface area contributed by atoms with E-state index in [4.69, 9.17) is 5.73 Å². The van der Waals surface area contributed by atoms with Crippen LogP contribution >= 0.6 is 0 Å². The van der Waals surface area contributed by atoms with Crippen molar-refractivity contribution in [3.8, 4) is 0 Å². The average molecular weight is 349 g/mol. The minimum absolute atomic E-state index is 0.117. The van der Waals surface area contributed by atoms with Gasteiger partial charge in [-0.25, -0.2) is 4.68 Å². The molecule has 4 N–H and O–H groups in total. The molecule has 3 rings (SSSR count). The number of anilines is 1. The second kappa shape index (κ2) is 6.34. The third kappa shape index (κ3) is 3.15. The molecule has 10 heteroatoms. The van der Waals surface area contributed by atoms with Crippen LogP contribution in [0.2, 0.25) is 0 Å². The topological polar surface area (TPSA) is 135 Å². The number of hydrogen-bond acceptors (Lipinski definition) is 6. The van der Waals surface area contributed by atoms with E-state index in [2.05, 4.69) is 20.9 Å². The fourth-order valence-electron chi connectivity index (χ4n) is 3.33. The maximum Gasteiger partial charge on any atom is 0.278 e. The Bertz CT molecular complexity index is 716. The number of carbonyl (C=O) groups is 3. The highest BCUT2D eigenvalue weighted by molar-refractivity contribution is 5.96. The molecule has 2 fully saturated rings. The molecule has 0 saturated carbocycles. The number of likely N-dealkylation sites (tertiary alicyclic amines) is 1. The third-order valence-corrected chi connectivity index (χ3v) is 4.98. The molecule has 0 spiro atoms. The van der Waals surface area contributed by atoms with E-state index < -0.39 is 5.41 Å². The molecule has 2 aliphatic rings. The van der Waals surface area contributed by atoms with Gasteiger partial charge in [0.2, 0.25) is 11.8 Å². The number of nitrogens with zero attached hydrogens (tertiary/aromatic N) is 4. The highest BCUT2D eigenvalue weighted by Gasteiger charge is 2.41. The molecule has 0 bridgehead atoms. The highest BCUT2D eigenvalue weighted by atomic mass is 16.2. The van der Waals surface area contributed by atoms with Gasteiger partial charge in [-0.05, 0) is 19.8 Å². The van der Waals surface area contributed by atoms with Crippen molar-refractivity contribution < 1.29 is 14.4 Å². The van der Waals surface area contributed by atoms with Gasteiger partial charge in [-0.1, -0.05) is 5.21 Å². The summed E-state index contributed by atoms with van der Waals surface area (Å²) < 4.78 is 1.35. The first-order valence-corrected chi connectivity index (χ1v) is 8.33. The summed E-state index contributed by atoms with van der Waals surface area (Å²) in [5.74, 6) is -0.341. The van der Waals surface area contributed by atoms with Crippen LogP contribution < -0.4 is 16.4 Å². The number of amides is 3. The van der Waals surface area contributed by atoms with E-state index in [0.717, 1.165) is 12.8 Å². The molecule has 1 aromatic heterocycles. The summed E-state index contributed by atoms with van der Waals surface area (Å²) >= 11 is 0. The minimum atomic E-state index is -0.736. The van der Waals surface area contributed by atoms with Gasteiger partial charge in [-0.2, -0.15) is 0 Å². The van der Waals surface area contributed by atoms with Crippen LogP contribution in [0.3, 0.4) is 0 Å². The van der Waals surface area contributed by atoms with Gasteiger partial charge in [0.1, 0.15) is 0 Å². The number of nitrogens with two attached hydrogens (primary N) is 1. The maximum atomic E-state index is 12.7. The molecule has 2 saturated heterocycles. The smallest absolute Gasteiger partial charge is 0.278 e. The number of hydrogen-bond donors (Lipinski definition) is 3. The molecule has 25 heavy (non-hydrogen) atoms. The quantitative estimate of drug-likeness (QED) is 0.615.